The summed E-state index contributed by atoms with van der Waals surface area (Å²) in [6.07, 6.45) is 2.00. The van der Waals surface area contributed by atoms with Crippen LogP contribution in [0.1, 0.15) is 53.0 Å². The van der Waals surface area contributed by atoms with E-state index in [9.17, 15) is 0 Å². The Bertz CT molecular complexity index is 288. The molecule has 0 spiro atoms. The van der Waals surface area contributed by atoms with Crippen LogP contribution in [0.25, 0.3) is 0 Å². The molecule has 2 heteroatoms. The molecule has 103 valence electrons. The number of hydrogen-bond donors (Lipinski definition) is 0. The van der Waals surface area contributed by atoms with Crippen molar-refractivity contribution in [3.63, 3.8) is 0 Å². The fraction of sp³-hybridized carbons (Fsp3) is 0.562. The molecule has 0 aliphatic heterocycles. The first-order valence-electron chi connectivity index (χ1n) is 6.50. The lowest BCUT2D eigenvalue weighted by molar-refractivity contribution is -0.350. The summed E-state index contributed by atoms with van der Waals surface area (Å²) in [4.78, 5) is 10.4. The Kier molecular flexibility index (Phi) is 8.69. The molecule has 0 N–H and O–H groups in total. The molecule has 1 aromatic rings. The second-order valence-corrected chi connectivity index (χ2v) is 5.37. The van der Waals surface area contributed by atoms with Crippen molar-refractivity contribution in [2.75, 3.05) is 6.61 Å². The van der Waals surface area contributed by atoms with Crippen molar-refractivity contribution in [3.05, 3.63) is 42.3 Å². The van der Waals surface area contributed by atoms with Crippen LogP contribution in [0.2, 0.25) is 0 Å². The van der Waals surface area contributed by atoms with Gasteiger partial charge in [-0.15, -0.1) is 0 Å². The fourth-order valence-corrected chi connectivity index (χ4v) is 1.19. The van der Waals surface area contributed by atoms with E-state index in [1.807, 2.05) is 59.2 Å². The second-order valence-electron chi connectivity index (χ2n) is 5.37. The maximum atomic E-state index is 5.22. The number of rotatable bonds is 4. The first-order valence-corrected chi connectivity index (χ1v) is 6.50. The minimum absolute atomic E-state index is 0.240. The lowest BCUT2D eigenvalue weighted by Gasteiger charge is -2.19. The average molecular weight is 251 g/mol. The molecule has 1 radical (unpaired) electrons. The quantitative estimate of drug-likeness (QED) is 0.567. The summed E-state index contributed by atoms with van der Waals surface area (Å²) in [5.74, 6) is 0.355. The van der Waals surface area contributed by atoms with E-state index in [0.29, 0.717) is 12.5 Å². The summed E-state index contributed by atoms with van der Waals surface area (Å²) in [6, 6.07) is 10.3. The summed E-state index contributed by atoms with van der Waals surface area (Å²) in [5, 5.41) is 0. The minimum Gasteiger partial charge on any atom is -0.236 e. The predicted octanol–water partition coefficient (Wildman–Crippen LogP) is 4.77. The highest BCUT2D eigenvalue weighted by Crippen LogP contribution is 2.16. The van der Waals surface area contributed by atoms with Gasteiger partial charge >= 0.3 is 0 Å². The van der Waals surface area contributed by atoms with E-state index in [1.165, 1.54) is 5.56 Å². The van der Waals surface area contributed by atoms with Gasteiger partial charge in [0.1, 0.15) is 0 Å². The highest BCUT2D eigenvalue weighted by Gasteiger charge is 2.13. The first kappa shape index (κ1) is 17.1. The Balaban J connectivity index is 0.000000873. The maximum absolute atomic E-state index is 5.22. The molecule has 0 fully saturated rings. The number of hydrogen-bond acceptors (Lipinski definition) is 2. The average Bonchev–Trinajstić information content (AvgIpc) is 2.29. The SMILES string of the molecule is CC(COOC(C)(C)C)c1ccccc1.C[CH]C. The van der Waals surface area contributed by atoms with E-state index < -0.39 is 0 Å². The molecule has 0 aliphatic carbocycles. The zero-order chi connectivity index (χ0) is 14.0. The third-order valence-corrected chi connectivity index (χ3v) is 2.00. The summed E-state index contributed by atoms with van der Waals surface area (Å²) < 4.78 is 0. The van der Waals surface area contributed by atoms with E-state index >= 15 is 0 Å². The molecule has 0 aliphatic rings. The van der Waals surface area contributed by atoms with Crippen LogP contribution in [0.4, 0.5) is 0 Å². The van der Waals surface area contributed by atoms with Crippen molar-refractivity contribution < 1.29 is 9.78 Å². The Morgan fingerprint density at radius 1 is 1.11 bits per heavy atom. The molecule has 1 aromatic carbocycles. The van der Waals surface area contributed by atoms with Crippen molar-refractivity contribution in [2.45, 2.75) is 53.1 Å². The van der Waals surface area contributed by atoms with Gasteiger partial charge in [0.2, 0.25) is 0 Å². The van der Waals surface area contributed by atoms with Crippen molar-refractivity contribution in [3.8, 4) is 0 Å². The zero-order valence-corrected chi connectivity index (χ0v) is 12.6. The molecule has 0 heterocycles. The van der Waals surface area contributed by atoms with Gasteiger partial charge in [-0.05, 0) is 32.8 Å². The van der Waals surface area contributed by atoms with Gasteiger partial charge < -0.3 is 0 Å². The molecule has 1 unspecified atom stereocenters. The summed E-state index contributed by atoms with van der Waals surface area (Å²) >= 11 is 0. The predicted molar refractivity (Wildman–Crippen MR) is 77.3 cm³/mol. The lowest BCUT2D eigenvalue weighted by atomic mass is 10.0. The standard InChI is InChI=1S/C13H20O2.C3H7/c1-11(10-14-15-13(2,3)4)12-8-6-5-7-9-12;1-3-2/h5-9,11H,10H2,1-4H3;3H,1-2H3. The van der Waals surface area contributed by atoms with Gasteiger partial charge in [0.25, 0.3) is 0 Å². The van der Waals surface area contributed by atoms with Gasteiger partial charge in [0.15, 0.2) is 0 Å². The van der Waals surface area contributed by atoms with Crippen LogP contribution in [-0.4, -0.2) is 12.2 Å². The Labute approximate surface area is 112 Å². The van der Waals surface area contributed by atoms with Crippen LogP contribution in [0.5, 0.6) is 0 Å². The normalized spacial score (nSPS) is 12.6. The van der Waals surface area contributed by atoms with Crippen molar-refractivity contribution in [1.82, 2.24) is 0 Å². The topological polar surface area (TPSA) is 18.5 Å². The molecule has 0 amide bonds. The third-order valence-electron chi connectivity index (χ3n) is 2.00. The Morgan fingerprint density at radius 3 is 2.06 bits per heavy atom. The Morgan fingerprint density at radius 2 is 1.61 bits per heavy atom. The first-order chi connectivity index (χ1) is 8.40. The number of benzene rings is 1. The van der Waals surface area contributed by atoms with Gasteiger partial charge in [-0.25, -0.2) is 9.78 Å². The van der Waals surface area contributed by atoms with Gasteiger partial charge in [0.05, 0.1) is 12.2 Å². The van der Waals surface area contributed by atoms with Crippen molar-refractivity contribution in [2.24, 2.45) is 0 Å². The van der Waals surface area contributed by atoms with Gasteiger partial charge in [-0.3, -0.25) is 0 Å². The maximum Gasteiger partial charge on any atom is 0.0952 e. The van der Waals surface area contributed by atoms with E-state index in [-0.39, 0.29) is 5.60 Å². The highest BCUT2D eigenvalue weighted by atomic mass is 17.2. The van der Waals surface area contributed by atoms with E-state index in [4.69, 9.17) is 9.78 Å². The second kappa shape index (κ2) is 9.12. The van der Waals surface area contributed by atoms with E-state index in [1.54, 1.807) is 0 Å². The van der Waals surface area contributed by atoms with Gasteiger partial charge in [0, 0.05) is 5.92 Å². The van der Waals surface area contributed by atoms with Crippen LogP contribution in [0.15, 0.2) is 30.3 Å². The fourth-order valence-electron chi connectivity index (χ4n) is 1.19. The van der Waals surface area contributed by atoms with Crippen LogP contribution < -0.4 is 0 Å². The van der Waals surface area contributed by atoms with Crippen LogP contribution in [0.3, 0.4) is 0 Å². The zero-order valence-electron chi connectivity index (χ0n) is 12.6. The van der Waals surface area contributed by atoms with Crippen LogP contribution in [0, 0.1) is 6.42 Å². The van der Waals surface area contributed by atoms with Gasteiger partial charge in [-0.1, -0.05) is 51.1 Å². The smallest absolute Gasteiger partial charge is 0.0952 e. The largest absolute Gasteiger partial charge is 0.236 e. The van der Waals surface area contributed by atoms with Crippen molar-refractivity contribution >= 4 is 0 Å². The molecule has 1 atom stereocenters. The third kappa shape index (κ3) is 9.20. The van der Waals surface area contributed by atoms with E-state index in [2.05, 4.69) is 19.1 Å². The van der Waals surface area contributed by atoms with Crippen molar-refractivity contribution in [1.29, 1.82) is 0 Å². The summed E-state index contributed by atoms with van der Waals surface area (Å²) in [7, 11) is 0. The molecule has 0 saturated heterocycles. The monoisotopic (exact) mass is 251 g/mol. The molecule has 1 rings (SSSR count). The minimum atomic E-state index is -0.240. The Hall–Kier alpha value is -0.860. The molecular formula is C16H27O2. The molecule has 0 saturated carbocycles. The lowest BCUT2D eigenvalue weighted by Crippen LogP contribution is -2.20. The summed E-state index contributed by atoms with van der Waals surface area (Å²) in [6.45, 7) is 12.6. The van der Waals surface area contributed by atoms with Gasteiger partial charge in [-0.2, -0.15) is 0 Å². The molecule has 18 heavy (non-hydrogen) atoms. The molecule has 0 bridgehead atoms. The van der Waals surface area contributed by atoms with Crippen LogP contribution >= 0.6 is 0 Å². The van der Waals surface area contributed by atoms with E-state index in [0.717, 1.165) is 0 Å². The van der Waals surface area contributed by atoms with Crippen LogP contribution in [-0.2, 0) is 9.78 Å². The molecule has 2 nitrogen and oxygen atoms in total. The summed E-state index contributed by atoms with van der Waals surface area (Å²) in [5.41, 5.74) is 1.03. The molecular weight excluding hydrogens is 224 g/mol. The molecule has 0 aromatic heterocycles. The highest BCUT2D eigenvalue weighted by molar-refractivity contribution is 5.18.